The van der Waals surface area contributed by atoms with Crippen LogP contribution in [0.15, 0.2) is 36.8 Å². The molecule has 1 saturated heterocycles. The quantitative estimate of drug-likeness (QED) is 0.646. The summed E-state index contributed by atoms with van der Waals surface area (Å²) in [5, 5.41) is 7.33. The molecule has 1 amide bonds. The number of anilines is 2. The first-order chi connectivity index (χ1) is 14.7. The normalized spacial score (nSPS) is 14.1. The van der Waals surface area contributed by atoms with E-state index in [2.05, 4.69) is 27.2 Å². The zero-order valence-corrected chi connectivity index (χ0v) is 17.4. The highest BCUT2D eigenvalue weighted by Gasteiger charge is 2.21. The number of aromatic nitrogens is 3. The topological polar surface area (TPSA) is 81.0 Å². The third-order valence-electron chi connectivity index (χ3n) is 5.12. The standard InChI is InChI=1S/C22H27N5O3/c1-3-6-16-13-18(19(14-20(16)30-4-2)26-9-11-29-12-10-26)25-22(28)17-15-24-27-8-5-7-23-21(17)27/h5,7-8,13-15H,3-4,6,9-12H2,1-2H3,(H,25,28). The molecule has 0 saturated carbocycles. The molecule has 2 aromatic heterocycles. The molecule has 8 nitrogen and oxygen atoms in total. The molecule has 0 bridgehead atoms. The van der Waals surface area contributed by atoms with Crippen LogP contribution in [-0.2, 0) is 11.2 Å². The molecular weight excluding hydrogens is 382 g/mol. The predicted octanol–water partition coefficient (Wildman–Crippen LogP) is 3.17. The fourth-order valence-corrected chi connectivity index (χ4v) is 3.71. The van der Waals surface area contributed by atoms with Crippen molar-refractivity contribution in [2.45, 2.75) is 26.7 Å². The van der Waals surface area contributed by atoms with Crippen molar-refractivity contribution in [2.75, 3.05) is 43.1 Å². The fraction of sp³-hybridized carbons (Fsp3) is 0.409. The molecule has 30 heavy (non-hydrogen) atoms. The van der Waals surface area contributed by atoms with Gasteiger partial charge in [0.2, 0.25) is 0 Å². The highest BCUT2D eigenvalue weighted by Crippen LogP contribution is 2.35. The second-order valence-corrected chi connectivity index (χ2v) is 7.16. The Morgan fingerprint density at radius 1 is 1.27 bits per heavy atom. The van der Waals surface area contributed by atoms with Crippen LogP contribution in [-0.4, -0.2) is 53.4 Å². The van der Waals surface area contributed by atoms with Gasteiger partial charge in [-0.25, -0.2) is 9.50 Å². The third-order valence-corrected chi connectivity index (χ3v) is 5.12. The molecule has 0 unspecified atom stereocenters. The Balaban J connectivity index is 1.72. The van der Waals surface area contributed by atoms with Crippen LogP contribution in [0.5, 0.6) is 5.75 Å². The van der Waals surface area contributed by atoms with E-state index in [4.69, 9.17) is 9.47 Å². The lowest BCUT2D eigenvalue weighted by molar-refractivity contribution is 0.102. The second-order valence-electron chi connectivity index (χ2n) is 7.16. The SMILES string of the molecule is CCCc1cc(NC(=O)c2cnn3cccnc23)c(N2CCOCC2)cc1OCC. The number of benzene rings is 1. The van der Waals surface area contributed by atoms with Gasteiger partial charge in [0.05, 0.1) is 37.4 Å². The Labute approximate surface area is 175 Å². The number of hydrogen-bond acceptors (Lipinski definition) is 6. The maximum Gasteiger partial charge on any atom is 0.261 e. The molecule has 0 radical (unpaired) electrons. The minimum Gasteiger partial charge on any atom is -0.494 e. The Hall–Kier alpha value is -3.13. The third kappa shape index (κ3) is 4.09. The van der Waals surface area contributed by atoms with Crippen LogP contribution < -0.4 is 15.0 Å². The van der Waals surface area contributed by atoms with Crippen molar-refractivity contribution in [3.05, 3.63) is 47.9 Å². The van der Waals surface area contributed by atoms with Crippen LogP contribution >= 0.6 is 0 Å². The maximum absolute atomic E-state index is 13.1. The molecule has 3 heterocycles. The van der Waals surface area contributed by atoms with Gasteiger partial charge >= 0.3 is 0 Å². The molecular formula is C22H27N5O3. The summed E-state index contributed by atoms with van der Waals surface area (Å²) in [5.74, 6) is 0.640. The van der Waals surface area contributed by atoms with Crippen molar-refractivity contribution in [3.8, 4) is 5.75 Å². The van der Waals surface area contributed by atoms with Gasteiger partial charge < -0.3 is 19.7 Å². The number of hydrogen-bond donors (Lipinski definition) is 1. The van der Waals surface area contributed by atoms with E-state index in [9.17, 15) is 4.79 Å². The smallest absolute Gasteiger partial charge is 0.261 e. The van der Waals surface area contributed by atoms with Crippen molar-refractivity contribution >= 4 is 22.9 Å². The van der Waals surface area contributed by atoms with Gasteiger partial charge in [-0.15, -0.1) is 0 Å². The molecule has 1 fully saturated rings. The van der Waals surface area contributed by atoms with E-state index in [1.807, 2.05) is 19.1 Å². The lowest BCUT2D eigenvalue weighted by atomic mass is 10.1. The molecule has 3 aromatic rings. The van der Waals surface area contributed by atoms with Crippen molar-refractivity contribution in [2.24, 2.45) is 0 Å². The number of morpholine rings is 1. The molecule has 1 aliphatic heterocycles. The Kier molecular flexibility index (Phi) is 6.13. The van der Waals surface area contributed by atoms with Gasteiger partial charge in [0.1, 0.15) is 11.3 Å². The van der Waals surface area contributed by atoms with Crippen molar-refractivity contribution in [1.29, 1.82) is 0 Å². The second kappa shape index (κ2) is 9.13. The van der Waals surface area contributed by atoms with E-state index in [1.165, 1.54) is 0 Å². The van der Waals surface area contributed by atoms with Crippen molar-refractivity contribution in [3.63, 3.8) is 0 Å². The molecule has 0 spiro atoms. The number of amides is 1. The zero-order chi connectivity index (χ0) is 20.9. The molecule has 8 heteroatoms. The molecule has 0 atom stereocenters. The zero-order valence-electron chi connectivity index (χ0n) is 17.4. The Morgan fingerprint density at radius 3 is 2.87 bits per heavy atom. The Bertz CT molecular complexity index is 1030. The maximum atomic E-state index is 13.1. The lowest BCUT2D eigenvalue weighted by Crippen LogP contribution is -2.36. The van der Waals surface area contributed by atoms with E-state index in [1.54, 1.807) is 29.2 Å². The summed E-state index contributed by atoms with van der Waals surface area (Å²) in [7, 11) is 0. The van der Waals surface area contributed by atoms with Gasteiger partial charge in [-0.05, 0) is 31.0 Å². The summed E-state index contributed by atoms with van der Waals surface area (Å²) in [6.45, 7) is 7.56. The highest BCUT2D eigenvalue weighted by atomic mass is 16.5. The monoisotopic (exact) mass is 409 g/mol. The first-order valence-corrected chi connectivity index (χ1v) is 10.4. The molecule has 1 aromatic carbocycles. The van der Waals surface area contributed by atoms with Crippen LogP contribution in [0, 0.1) is 0 Å². The minimum atomic E-state index is -0.232. The minimum absolute atomic E-state index is 0.232. The van der Waals surface area contributed by atoms with E-state index < -0.39 is 0 Å². The number of carbonyl (C=O) groups is 1. The van der Waals surface area contributed by atoms with Gasteiger partial charge in [0, 0.05) is 31.5 Å². The predicted molar refractivity (Wildman–Crippen MR) is 116 cm³/mol. The summed E-state index contributed by atoms with van der Waals surface area (Å²) in [5.41, 5.74) is 3.77. The van der Waals surface area contributed by atoms with E-state index in [0.29, 0.717) is 31.0 Å². The van der Waals surface area contributed by atoms with Crippen LogP contribution in [0.25, 0.3) is 5.65 Å². The van der Waals surface area contributed by atoms with Crippen LogP contribution in [0.3, 0.4) is 0 Å². The van der Waals surface area contributed by atoms with E-state index >= 15 is 0 Å². The summed E-state index contributed by atoms with van der Waals surface area (Å²) in [4.78, 5) is 19.6. The average Bonchev–Trinajstić information content (AvgIpc) is 3.21. The molecule has 158 valence electrons. The summed E-state index contributed by atoms with van der Waals surface area (Å²) >= 11 is 0. The summed E-state index contributed by atoms with van der Waals surface area (Å²) in [6, 6.07) is 5.86. The number of rotatable bonds is 7. The van der Waals surface area contributed by atoms with Crippen LogP contribution in [0.4, 0.5) is 11.4 Å². The largest absolute Gasteiger partial charge is 0.494 e. The summed E-state index contributed by atoms with van der Waals surface area (Å²) < 4.78 is 13.0. The lowest BCUT2D eigenvalue weighted by Gasteiger charge is -2.31. The van der Waals surface area contributed by atoms with Gasteiger partial charge in [-0.1, -0.05) is 13.3 Å². The number of nitrogens with one attached hydrogen (secondary N) is 1. The van der Waals surface area contributed by atoms with Gasteiger partial charge in [0.25, 0.3) is 5.91 Å². The van der Waals surface area contributed by atoms with Crippen molar-refractivity contribution in [1.82, 2.24) is 14.6 Å². The summed E-state index contributed by atoms with van der Waals surface area (Å²) in [6.07, 6.45) is 6.84. The van der Waals surface area contributed by atoms with Gasteiger partial charge in [-0.3, -0.25) is 4.79 Å². The molecule has 0 aliphatic carbocycles. The van der Waals surface area contributed by atoms with Gasteiger partial charge in [0.15, 0.2) is 5.65 Å². The number of fused-ring (bicyclic) bond motifs is 1. The average molecular weight is 409 g/mol. The number of ether oxygens (including phenoxy) is 2. The van der Waals surface area contributed by atoms with Crippen LogP contribution in [0.1, 0.15) is 36.2 Å². The number of carbonyl (C=O) groups excluding carboxylic acids is 1. The van der Waals surface area contributed by atoms with Gasteiger partial charge in [-0.2, -0.15) is 5.10 Å². The molecule has 1 N–H and O–H groups in total. The highest BCUT2D eigenvalue weighted by molar-refractivity contribution is 6.09. The first kappa shape index (κ1) is 20.2. The van der Waals surface area contributed by atoms with Crippen LogP contribution in [0.2, 0.25) is 0 Å². The number of aryl methyl sites for hydroxylation is 1. The molecule has 1 aliphatic rings. The van der Waals surface area contributed by atoms with Crippen molar-refractivity contribution < 1.29 is 14.3 Å². The number of nitrogens with zero attached hydrogens (tertiary/aromatic N) is 4. The molecule has 4 rings (SSSR count). The Morgan fingerprint density at radius 2 is 2.10 bits per heavy atom. The van der Waals surface area contributed by atoms with E-state index in [0.717, 1.165) is 48.6 Å². The first-order valence-electron chi connectivity index (χ1n) is 10.4. The van der Waals surface area contributed by atoms with E-state index in [-0.39, 0.29) is 5.91 Å². The fourth-order valence-electron chi connectivity index (χ4n) is 3.71.